The molecule has 3 heterocycles. The zero-order valence-electron chi connectivity index (χ0n) is 7.88. The third-order valence-electron chi connectivity index (χ3n) is 3.70. The summed E-state index contributed by atoms with van der Waals surface area (Å²) in [4.78, 5) is 25.1. The molecule has 2 N–H and O–H groups in total. The van der Waals surface area contributed by atoms with Crippen molar-refractivity contribution in [3.8, 4) is 0 Å². The molecule has 0 aromatic carbocycles. The van der Waals surface area contributed by atoms with Gasteiger partial charge in [-0.25, -0.2) is 4.79 Å². The molecule has 3 rings (SSSR count). The number of nitrogens with one attached hydrogen (secondary N) is 2. The van der Waals surface area contributed by atoms with Crippen LogP contribution in [0.2, 0.25) is 0 Å². The minimum atomic E-state index is -0.685. The van der Waals surface area contributed by atoms with Crippen molar-refractivity contribution in [2.24, 2.45) is 5.92 Å². The molecule has 3 aliphatic heterocycles. The summed E-state index contributed by atoms with van der Waals surface area (Å²) in [6, 6.07) is -0.339. The number of urea groups is 1. The highest BCUT2D eigenvalue weighted by molar-refractivity contribution is 6.07. The molecule has 0 radical (unpaired) electrons. The second kappa shape index (κ2) is 2.48. The van der Waals surface area contributed by atoms with Crippen LogP contribution >= 0.6 is 0 Å². The van der Waals surface area contributed by atoms with Gasteiger partial charge in [-0.1, -0.05) is 0 Å². The highest BCUT2D eigenvalue weighted by atomic mass is 16.2. The maximum Gasteiger partial charge on any atom is 0.323 e. The van der Waals surface area contributed by atoms with Gasteiger partial charge in [0.05, 0.1) is 0 Å². The largest absolute Gasteiger partial charge is 0.323 e. The number of piperidine rings is 1. The van der Waals surface area contributed by atoms with E-state index in [0.29, 0.717) is 5.92 Å². The Balaban J connectivity index is 2.03. The second-order valence-electron chi connectivity index (χ2n) is 4.29. The summed E-state index contributed by atoms with van der Waals surface area (Å²) in [5, 5.41) is 5.15. The molecule has 1 spiro atoms. The average molecular weight is 195 g/mol. The molecule has 0 aromatic heterocycles. The maximum absolute atomic E-state index is 11.8. The molecule has 0 saturated carbocycles. The van der Waals surface area contributed by atoms with Crippen molar-refractivity contribution >= 4 is 11.9 Å². The summed E-state index contributed by atoms with van der Waals surface area (Å²) >= 11 is 0. The lowest BCUT2D eigenvalue weighted by molar-refractivity contribution is -0.133. The third kappa shape index (κ3) is 0.785. The van der Waals surface area contributed by atoms with Gasteiger partial charge in [0.1, 0.15) is 0 Å². The fraction of sp³-hybridized carbons (Fsp3) is 0.778. The van der Waals surface area contributed by atoms with Gasteiger partial charge in [-0.05, 0) is 19.3 Å². The van der Waals surface area contributed by atoms with Crippen molar-refractivity contribution in [2.75, 3.05) is 13.1 Å². The Labute approximate surface area is 81.8 Å². The van der Waals surface area contributed by atoms with Crippen LogP contribution in [0.5, 0.6) is 0 Å². The average Bonchev–Trinajstić information content (AvgIpc) is 2.53. The monoisotopic (exact) mass is 195 g/mol. The van der Waals surface area contributed by atoms with Gasteiger partial charge in [0.15, 0.2) is 5.66 Å². The predicted octanol–water partition coefficient (Wildman–Crippen LogP) is -0.362. The third-order valence-corrected chi connectivity index (χ3v) is 3.70. The number of carbonyl (C=O) groups is 2. The van der Waals surface area contributed by atoms with Crippen molar-refractivity contribution in [3.05, 3.63) is 0 Å². The van der Waals surface area contributed by atoms with Crippen molar-refractivity contribution in [3.63, 3.8) is 0 Å². The molecule has 0 aliphatic carbocycles. The summed E-state index contributed by atoms with van der Waals surface area (Å²) in [5.74, 6) is 0.160. The molecule has 2 bridgehead atoms. The Morgan fingerprint density at radius 1 is 1.29 bits per heavy atom. The molecular formula is C9H13N3O2. The first-order valence-corrected chi connectivity index (χ1v) is 5.12. The lowest BCUT2D eigenvalue weighted by atomic mass is 9.86. The molecule has 0 aromatic rings. The quantitative estimate of drug-likeness (QED) is 0.519. The van der Waals surface area contributed by atoms with Crippen molar-refractivity contribution in [1.29, 1.82) is 0 Å². The Bertz CT molecular complexity index is 299. The van der Waals surface area contributed by atoms with Gasteiger partial charge < -0.3 is 5.32 Å². The van der Waals surface area contributed by atoms with E-state index in [2.05, 4.69) is 15.5 Å². The minimum Gasteiger partial charge on any atom is -0.311 e. The van der Waals surface area contributed by atoms with Gasteiger partial charge in [-0.2, -0.15) is 0 Å². The molecule has 5 heteroatoms. The summed E-state index contributed by atoms with van der Waals surface area (Å²) in [6.07, 6.45) is 3.20. The highest BCUT2D eigenvalue weighted by Crippen LogP contribution is 2.41. The Morgan fingerprint density at radius 2 is 2.14 bits per heavy atom. The second-order valence-corrected chi connectivity index (χ2v) is 4.29. The smallest absolute Gasteiger partial charge is 0.311 e. The van der Waals surface area contributed by atoms with E-state index in [9.17, 15) is 9.59 Å². The maximum atomic E-state index is 11.8. The van der Waals surface area contributed by atoms with E-state index in [1.807, 2.05) is 0 Å². The van der Waals surface area contributed by atoms with Crippen LogP contribution < -0.4 is 10.6 Å². The summed E-state index contributed by atoms with van der Waals surface area (Å²) in [7, 11) is 0. The van der Waals surface area contributed by atoms with Crippen LogP contribution in [0.3, 0.4) is 0 Å². The van der Waals surface area contributed by atoms with Gasteiger partial charge in [-0.15, -0.1) is 0 Å². The minimum absolute atomic E-state index is 0.148. The molecule has 3 atom stereocenters. The van der Waals surface area contributed by atoms with Crippen LogP contribution in [-0.2, 0) is 4.79 Å². The number of amides is 3. The number of carbonyl (C=O) groups excluding carboxylic acids is 2. The molecular weight excluding hydrogens is 182 g/mol. The zero-order chi connectivity index (χ0) is 9.76. The first-order chi connectivity index (χ1) is 6.73. The summed E-state index contributed by atoms with van der Waals surface area (Å²) < 4.78 is 0. The molecule has 76 valence electrons. The number of nitrogens with zero attached hydrogens (tertiary/aromatic N) is 1. The molecule has 3 unspecified atom stereocenters. The van der Waals surface area contributed by atoms with Crippen LogP contribution in [-0.4, -0.2) is 35.6 Å². The SMILES string of the molecule is O=C1NC(=O)C2(N1)C1CCCN2CC1. The number of imide groups is 1. The Hall–Kier alpha value is -1.10. The molecule has 14 heavy (non-hydrogen) atoms. The van der Waals surface area contributed by atoms with Gasteiger partial charge in [-0.3, -0.25) is 15.0 Å². The van der Waals surface area contributed by atoms with Gasteiger partial charge >= 0.3 is 6.03 Å². The van der Waals surface area contributed by atoms with E-state index in [1.165, 1.54) is 0 Å². The lowest BCUT2D eigenvalue weighted by Crippen LogP contribution is -2.62. The van der Waals surface area contributed by atoms with Crippen molar-refractivity contribution < 1.29 is 9.59 Å². The van der Waals surface area contributed by atoms with E-state index >= 15 is 0 Å². The van der Waals surface area contributed by atoms with E-state index in [-0.39, 0.29) is 11.9 Å². The Kier molecular flexibility index (Phi) is 1.45. The topological polar surface area (TPSA) is 61.4 Å². The summed E-state index contributed by atoms with van der Waals surface area (Å²) in [6.45, 7) is 1.85. The fourth-order valence-corrected chi connectivity index (χ4v) is 3.09. The zero-order valence-corrected chi connectivity index (χ0v) is 7.88. The predicted molar refractivity (Wildman–Crippen MR) is 48.3 cm³/mol. The standard InChI is InChI=1S/C9H13N3O2/c13-7-9(11-8(14)10-7)6-2-1-4-12(9)5-3-6/h6H,1-5H2,(H2,10,11,13,14). The number of rotatable bonds is 0. The van der Waals surface area contributed by atoms with Crippen LogP contribution in [0.25, 0.3) is 0 Å². The first-order valence-electron chi connectivity index (χ1n) is 5.12. The highest BCUT2D eigenvalue weighted by Gasteiger charge is 2.60. The van der Waals surface area contributed by atoms with Crippen LogP contribution in [0.15, 0.2) is 0 Å². The van der Waals surface area contributed by atoms with Gasteiger partial charge in [0.2, 0.25) is 0 Å². The van der Waals surface area contributed by atoms with Gasteiger partial charge in [0.25, 0.3) is 5.91 Å². The van der Waals surface area contributed by atoms with E-state index in [0.717, 1.165) is 32.4 Å². The molecule has 3 saturated heterocycles. The van der Waals surface area contributed by atoms with Crippen molar-refractivity contribution in [2.45, 2.75) is 24.9 Å². The molecule has 5 nitrogen and oxygen atoms in total. The Morgan fingerprint density at radius 3 is 2.79 bits per heavy atom. The number of hydrogen-bond donors (Lipinski definition) is 2. The van der Waals surface area contributed by atoms with E-state index in [4.69, 9.17) is 0 Å². The van der Waals surface area contributed by atoms with Crippen LogP contribution in [0.1, 0.15) is 19.3 Å². The molecule has 3 amide bonds. The van der Waals surface area contributed by atoms with E-state index < -0.39 is 5.66 Å². The van der Waals surface area contributed by atoms with Crippen molar-refractivity contribution in [1.82, 2.24) is 15.5 Å². The molecule has 3 fully saturated rings. The summed E-state index contributed by atoms with van der Waals surface area (Å²) in [5.41, 5.74) is -0.685. The van der Waals surface area contributed by atoms with Gasteiger partial charge in [0, 0.05) is 19.0 Å². The normalized spacial score (nSPS) is 45.4. The van der Waals surface area contributed by atoms with E-state index in [1.54, 1.807) is 0 Å². The number of hydrogen-bond acceptors (Lipinski definition) is 3. The van der Waals surface area contributed by atoms with Crippen LogP contribution in [0.4, 0.5) is 4.79 Å². The first kappa shape index (κ1) is 8.23. The lowest BCUT2D eigenvalue weighted by Gasteiger charge is -2.39. The fourth-order valence-electron chi connectivity index (χ4n) is 3.09. The van der Waals surface area contributed by atoms with Crippen LogP contribution in [0, 0.1) is 5.92 Å². The molecule has 3 aliphatic rings.